The fraction of sp³-hybridized carbons (Fsp3) is 0.650. The summed E-state index contributed by atoms with van der Waals surface area (Å²) in [5, 5.41) is 9.20. The SMILES string of the molecule is CCC[CH2][Sn]([CH2]CCC)([CH2]CCC)[c]1ccc(C#N)c(C)c1. The van der Waals surface area contributed by atoms with Crippen LogP contribution in [0.15, 0.2) is 18.2 Å². The Kier molecular flexibility index (Phi) is 9.17. The molecule has 0 unspecified atom stereocenters. The minimum atomic E-state index is -2.30. The van der Waals surface area contributed by atoms with Crippen LogP contribution in [-0.2, 0) is 0 Å². The van der Waals surface area contributed by atoms with E-state index in [1.807, 2.05) is 0 Å². The first-order chi connectivity index (χ1) is 10.6. The average Bonchev–Trinajstić information content (AvgIpc) is 2.54. The Morgan fingerprint density at radius 2 is 1.41 bits per heavy atom. The Balaban J connectivity index is 3.18. The molecular weight excluding hydrogens is 373 g/mol. The monoisotopic (exact) mass is 407 g/mol. The second-order valence-corrected chi connectivity index (χ2v) is 20.0. The summed E-state index contributed by atoms with van der Waals surface area (Å²) in [7, 11) is 0. The molecule has 0 aliphatic heterocycles. The van der Waals surface area contributed by atoms with Crippen LogP contribution in [0.25, 0.3) is 0 Å². The number of unbranched alkanes of at least 4 members (excludes halogenated alkanes) is 3. The Morgan fingerprint density at radius 1 is 0.909 bits per heavy atom. The van der Waals surface area contributed by atoms with Gasteiger partial charge >= 0.3 is 142 Å². The number of aryl methyl sites for hydroxylation is 1. The normalized spacial score (nSPS) is 11.4. The van der Waals surface area contributed by atoms with Crippen LogP contribution >= 0.6 is 0 Å². The van der Waals surface area contributed by atoms with Crippen molar-refractivity contribution in [1.82, 2.24) is 0 Å². The van der Waals surface area contributed by atoms with Crippen LogP contribution < -0.4 is 3.58 Å². The summed E-state index contributed by atoms with van der Waals surface area (Å²) in [6, 6.07) is 9.12. The van der Waals surface area contributed by atoms with Gasteiger partial charge in [-0.3, -0.25) is 0 Å². The molecule has 0 bridgehead atoms. The van der Waals surface area contributed by atoms with Crippen molar-refractivity contribution in [1.29, 1.82) is 5.26 Å². The van der Waals surface area contributed by atoms with Crippen molar-refractivity contribution in [2.75, 3.05) is 0 Å². The first-order valence-electron chi connectivity index (χ1n) is 9.14. The zero-order valence-electron chi connectivity index (χ0n) is 15.0. The molecule has 0 atom stereocenters. The fourth-order valence-electron chi connectivity index (χ4n) is 3.47. The van der Waals surface area contributed by atoms with E-state index in [0.29, 0.717) is 0 Å². The van der Waals surface area contributed by atoms with Gasteiger partial charge in [-0.05, 0) is 0 Å². The molecule has 0 saturated carbocycles. The van der Waals surface area contributed by atoms with Gasteiger partial charge in [-0.25, -0.2) is 0 Å². The third-order valence-corrected chi connectivity index (χ3v) is 20.6. The third kappa shape index (κ3) is 5.30. The standard InChI is InChI=1S/C8H6N.3C4H9.Sn/c1-7-4-2-3-5-8(7)6-9;3*1-3-4-2;/h3-5H,1H3;3*1,3-4H2,2H3;. The molecule has 2 heteroatoms. The second kappa shape index (κ2) is 10.3. The molecule has 0 N–H and O–H groups in total. The predicted octanol–water partition coefficient (Wildman–Crippen LogP) is 5.92. The van der Waals surface area contributed by atoms with Crippen LogP contribution in [0, 0.1) is 18.3 Å². The van der Waals surface area contributed by atoms with Gasteiger partial charge in [-0.2, -0.15) is 0 Å². The predicted molar refractivity (Wildman–Crippen MR) is 100 cm³/mol. The van der Waals surface area contributed by atoms with Gasteiger partial charge in [0, 0.05) is 0 Å². The van der Waals surface area contributed by atoms with Gasteiger partial charge in [0.15, 0.2) is 0 Å². The van der Waals surface area contributed by atoms with Crippen LogP contribution in [0.4, 0.5) is 0 Å². The molecule has 0 radical (unpaired) electrons. The van der Waals surface area contributed by atoms with E-state index in [1.54, 1.807) is 3.58 Å². The summed E-state index contributed by atoms with van der Waals surface area (Å²) in [5.41, 5.74) is 2.04. The van der Waals surface area contributed by atoms with E-state index in [-0.39, 0.29) is 0 Å². The number of benzene rings is 1. The van der Waals surface area contributed by atoms with Crippen molar-refractivity contribution in [3.63, 3.8) is 0 Å². The molecule has 0 saturated heterocycles. The third-order valence-electron chi connectivity index (χ3n) is 4.99. The molecule has 1 rings (SSSR count). The number of hydrogen-bond acceptors (Lipinski definition) is 1. The Morgan fingerprint density at radius 3 is 1.77 bits per heavy atom. The Bertz CT molecular complexity index is 465. The van der Waals surface area contributed by atoms with Crippen molar-refractivity contribution in [2.24, 2.45) is 0 Å². The molecule has 0 fully saturated rings. The zero-order chi connectivity index (χ0) is 16.4. The number of rotatable bonds is 10. The molecule has 0 spiro atoms. The van der Waals surface area contributed by atoms with Crippen LogP contribution in [0.3, 0.4) is 0 Å². The molecule has 22 heavy (non-hydrogen) atoms. The van der Waals surface area contributed by atoms with E-state index in [4.69, 9.17) is 0 Å². The molecular formula is C20H33NSn. The topological polar surface area (TPSA) is 23.8 Å². The summed E-state index contributed by atoms with van der Waals surface area (Å²) < 4.78 is 6.17. The van der Waals surface area contributed by atoms with Crippen molar-refractivity contribution in [3.8, 4) is 6.07 Å². The van der Waals surface area contributed by atoms with Gasteiger partial charge in [0.05, 0.1) is 0 Å². The van der Waals surface area contributed by atoms with Crippen molar-refractivity contribution in [3.05, 3.63) is 29.3 Å². The number of nitrogens with zero attached hydrogens (tertiary/aromatic N) is 1. The second-order valence-electron chi connectivity index (χ2n) is 6.73. The summed E-state index contributed by atoms with van der Waals surface area (Å²) in [6.07, 6.45) is 8.11. The van der Waals surface area contributed by atoms with Crippen molar-refractivity contribution in [2.45, 2.75) is 79.5 Å². The first kappa shape index (κ1) is 19.6. The zero-order valence-corrected chi connectivity index (χ0v) is 17.9. The summed E-state index contributed by atoms with van der Waals surface area (Å²) in [5.74, 6) is 0. The molecule has 0 aromatic heterocycles. The molecule has 1 aromatic carbocycles. The fourth-order valence-corrected chi connectivity index (χ4v) is 19.6. The molecule has 0 heterocycles. The van der Waals surface area contributed by atoms with Crippen LogP contribution in [0.2, 0.25) is 13.3 Å². The molecule has 1 nitrogen and oxygen atoms in total. The Labute approximate surface area is 142 Å². The summed E-state index contributed by atoms with van der Waals surface area (Å²) in [6.45, 7) is 9.07. The maximum absolute atomic E-state index is 9.20. The summed E-state index contributed by atoms with van der Waals surface area (Å²) in [4.78, 5) is 0. The van der Waals surface area contributed by atoms with E-state index in [1.165, 1.54) is 57.4 Å². The molecule has 0 amide bonds. The molecule has 122 valence electrons. The molecule has 1 aromatic rings. The first-order valence-corrected chi connectivity index (χ1v) is 16.6. The van der Waals surface area contributed by atoms with Gasteiger partial charge in [-0.1, -0.05) is 0 Å². The van der Waals surface area contributed by atoms with Crippen LogP contribution in [0.1, 0.15) is 70.4 Å². The average molecular weight is 406 g/mol. The molecule has 0 aliphatic rings. The Hall–Kier alpha value is -0.491. The maximum atomic E-state index is 9.20. The number of hydrogen-bond donors (Lipinski definition) is 0. The quantitative estimate of drug-likeness (QED) is 0.443. The van der Waals surface area contributed by atoms with Gasteiger partial charge in [0.1, 0.15) is 0 Å². The van der Waals surface area contributed by atoms with E-state index in [9.17, 15) is 5.26 Å². The van der Waals surface area contributed by atoms with E-state index < -0.39 is 18.4 Å². The van der Waals surface area contributed by atoms with Gasteiger partial charge in [-0.15, -0.1) is 0 Å². The van der Waals surface area contributed by atoms with Gasteiger partial charge in [0.2, 0.25) is 0 Å². The van der Waals surface area contributed by atoms with Crippen LogP contribution in [0.5, 0.6) is 0 Å². The van der Waals surface area contributed by atoms with Crippen molar-refractivity contribution < 1.29 is 0 Å². The summed E-state index contributed by atoms with van der Waals surface area (Å²) >= 11 is -2.30. The van der Waals surface area contributed by atoms with E-state index >= 15 is 0 Å². The minimum absolute atomic E-state index is 0.852. The van der Waals surface area contributed by atoms with Gasteiger partial charge in [0.25, 0.3) is 0 Å². The molecule has 0 aliphatic carbocycles. The van der Waals surface area contributed by atoms with Gasteiger partial charge < -0.3 is 0 Å². The number of nitriles is 1. The van der Waals surface area contributed by atoms with Crippen LogP contribution in [-0.4, -0.2) is 18.4 Å². The van der Waals surface area contributed by atoms with E-state index in [2.05, 4.69) is 52.0 Å². The van der Waals surface area contributed by atoms with Crippen molar-refractivity contribution >= 4 is 22.0 Å². The van der Waals surface area contributed by atoms with E-state index in [0.717, 1.165) is 5.56 Å².